The third-order valence-electron chi connectivity index (χ3n) is 3.92. The summed E-state index contributed by atoms with van der Waals surface area (Å²) in [5, 5.41) is 6.04. The lowest BCUT2D eigenvalue weighted by atomic mass is 10.2. The van der Waals surface area contributed by atoms with Gasteiger partial charge in [-0.3, -0.25) is 4.90 Å². The van der Waals surface area contributed by atoms with Crippen molar-refractivity contribution in [3.8, 4) is 0 Å². The molecule has 2 aliphatic heterocycles. The number of benzene rings is 1. The van der Waals surface area contributed by atoms with Crippen LogP contribution in [0.3, 0.4) is 0 Å². The Morgan fingerprint density at radius 1 is 1.56 bits per heavy atom. The molecule has 2 N–H and O–H groups in total. The Labute approximate surface area is 155 Å². The van der Waals surface area contributed by atoms with E-state index in [0.29, 0.717) is 42.7 Å². The molecule has 0 aliphatic carbocycles. The monoisotopic (exact) mass is 384 g/mol. The highest BCUT2D eigenvalue weighted by molar-refractivity contribution is 7.80. The molecule has 0 bridgehead atoms. The fourth-order valence-electron chi connectivity index (χ4n) is 2.67. The number of halogens is 1. The molecular formula is C15H17FN4O3S2. The third kappa shape index (κ3) is 3.90. The van der Waals surface area contributed by atoms with E-state index in [1.54, 1.807) is 17.0 Å². The minimum Gasteiger partial charge on any atom is -0.474 e. The van der Waals surface area contributed by atoms with Crippen molar-refractivity contribution in [1.82, 2.24) is 10.6 Å². The molecular weight excluding hydrogens is 367 g/mol. The molecule has 2 heterocycles. The van der Waals surface area contributed by atoms with Gasteiger partial charge in [-0.25, -0.2) is 9.18 Å². The van der Waals surface area contributed by atoms with Crippen LogP contribution in [0, 0.1) is 5.82 Å². The van der Waals surface area contributed by atoms with Crippen LogP contribution in [0.4, 0.5) is 20.6 Å². The van der Waals surface area contributed by atoms with Gasteiger partial charge in [0, 0.05) is 0 Å². The van der Waals surface area contributed by atoms with Crippen LogP contribution in [-0.4, -0.2) is 55.8 Å². The zero-order valence-corrected chi connectivity index (χ0v) is 15.1. The predicted octanol–water partition coefficient (Wildman–Crippen LogP) is 1.37. The van der Waals surface area contributed by atoms with Crippen LogP contribution in [0.25, 0.3) is 0 Å². The second-order valence-electron chi connectivity index (χ2n) is 5.58. The number of carbonyl (C=O) groups is 1. The SMILES string of the molecule is COC(=S)NC[C@H]1CN(c2ccc(N3CNC(=S)C3)c(F)c2)C(=O)O1. The van der Waals surface area contributed by atoms with E-state index in [1.165, 1.54) is 18.1 Å². The van der Waals surface area contributed by atoms with Crippen LogP contribution >= 0.6 is 24.4 Å². The molecule has 2 aliphatic rings. The van der Waals surface area contributed by atoms with E-state index in [0.717, 1.165) is 0 Å². The van der Waals surface area contributed by atoms with Crippen LogP contribution in [0.15, 0.2) is 18.2 Å². The van der Waals surface area contributed by atoms with Crippen molar-refractivity contribution < 1.29 is 18.7 Å². The highest BCUT2D eigenvalue weighted by Gasteiger charge is 2.33. The molecule has 1 aromatic carbocycles. The van der Waals surface area contributed by atoms with Crippen molar-refractivity contribution in [3.63, 3.8) is 0 Å². The van der Waals surface area contributed by atoms with Crippen molar-refractivity contribution in [2.24, 2.45) is 0 Å². The Hall–Kier alpha value is -2.20. The van der Waals surface area contributed by atoms with Gasteiger partial charge in [-0.1, -0.05) is 12.2 Å². The number of nitrogens with one attached hydrogen (secondary N) is 2. The van der Waals surface area contributed by atoms with E-state index in [-0.39, 0.29) is 5.17 Å². The fourth-order valence-corrected chi connectivity index (χ4v) is 2.97. The maximum atomic E-state index is 14.5. The van der Waals surface area contributed by atoms with Crippen molar-refractivity contribution in [3.05, 3.63) is 24.0 Å². The number of hydrogen-bond acceptors (Lipinski definition) is 6. The van der Waals surface area contributed by atoms with Crippen molar-refractivity contribution in [2.75, 3.05) is 43.2 Å². The van der Waals surface area contributed by atoms with Crippen LogP contribution in [0.5, 0.6) is 0 Å². The largest absolute Gasteiger partial charge is 0.474 e. The van der Waals surface area contributed by atoms with E-state index in [1.807, 2.05) is 0 Å². The first-order valence-corrected chi connectivity index (χ1v) is 8.40. The summed E-state index contributed by atoms with van der Waals surface area (Å²) < 4.78 is 24.6. The number of anilines is 2. The van der Waals surface area contributed by atoms with E-state index >= 15 is 0 Å². The zero-order chi connectivity index (χ0) is 18.0. The molecule has 2 fully saturated rings. The van der Waals surface area contributed by atoms with Crippen molar-refractivity contribution in [1.29, 1.82) is 0 Å². The number of cyclic esters (lactones) is 1. The van der Waals surface area contributed by atoms with E-state index < -0.39 is 18.0 Å². The maximum Gasteiger partial charge on any atom is 0.414 e. The second-order valence-corrected chi connectivity index (χ2v) is 6.44. The molecule has 0 saturated carbocycles. The number of rotatable bonds is 4. The second kappa shape index (κ2) is 7.36. The van der Waals surface area contributed by atoms with Crippen LogP contribution in [0.2, 0.25) is 0 Å². The minimum absolute atomic E-state index is 0.224. The van der Waals surface area contributed by atoms with E-state index in [9.17, 15) is 9.18 Å². The van der Waals surface area contributed by atoms with Gasteiger partial charge in [0.15, 0.2) is 0 Å². The summed E-state index contributed by atoms with van der Waals surface area (Å²) in [4.78, 5) is 15.9. The van der Waals surface area contributed by atoms with Gasteiger partial charge in [-0.15, -0.1) is 0 Å². The lowest BCUT2D eigenvalue weighted by Crippen LogP contribution is -2.34. The number of methoxy groups -OCH3 is 1. The smallest absolute Gasteiger partial charge is 0.414 e. The van der Waals surface area contributed by atoms with Gasteiger partial charge in [0.25, 0.3) is 5.17 Å². The normalized spacial score (nSPS) is 19.7. The quantitative estimate of drug-likeness (QED) is 0.755. The van der Waals surface area contributed by atoms with Gasteiger partial charge in [0.1, 0.15) is 11.9 Å². The molecule has 10 heteroatoms. The average molecular weight is 384 g/mol. The number of carbonyl (C=O) groups excluding carboxylic acids is 1. The Morgan fingerprint density at radius 3 is 3.00 bits per heavy atom. The molecule has 3 rings (SSSR count). The Morgan fingerprint density at radius 2 is 2.36 bits per heavy atom. The Bertz CT molecular complexity index is 718. The first kappa shape index (κ1) is 17.6. The first-order valence-electron chi connectivity index (χ1n) is 7.59. The highest BCUT2D eigenvalue weighted by Crippen LogP contribution is 2.28. The molecule has 0 unspecified atom stereocenters. The molecule has 25 heavy (non-hydrogen) atoms. The third-order valence-corrected chi connectivity index (χ3v) is 4.50. The number of amides is 1. The van der Waals surface area contributed by atoms with E-state index in [2.05, 4.69) is 10.6 Å². The topological polar surface area (TPSA) is 66.1 Å². The Balaban J connectivity index is 1.67. The van der Waals surface area contributed by atoms with Gasteiger partial charge in [0.2, 0.25) is 0 Å². The summed E-state index contributed by atoms with van der Waals surface area (Å²) in [7, 11) is 1.45. The molecule has 2 saturated heterocycles. The van der Waals surface area contributed by atoms with Gasteiger partial charge >= 0.3 is 6.09 Å². The summed E-state index contributed by atoms with van der Waals surface area (Å²) in [6.45, 7) is 1.57. The van der Waals surface area contributed by atoms with Crippen LogP contribution in [-0.2, 0) is 9.47 Å². The molecule has 0 aromatic heterocycles. The number of ether oxygens (including phenoxy) is 2. The summed E-state index contributed by atoms with van der Waals surface area (Å²) in [5.74, 6) is -0.418. The number of thiocarbonyl (C=S) groups is 2. The standard InChI is InChI=1S/C15H17FN4O3S2/c1-22-14(25)17-5-10-6-20(15(21)23-10)9-2-3-12(11(16)4-9)19-7-13(24)18-8-19/h2-4,10H,5-8H2,1H3,(H,17,25)(H,18,24)/t10-/m0/s1. The summed E-state index contributed by atoms with van der Waals surface area (Å²) in [6, 6.07) is 4.66. The summed E-state index contributed by atoms with van der Waals surface area (Å²) in [6.07, 6.45) is -0.921. The van der Waals surface area contributed by atoms with Crippen LogP contribution < -0.4 is 20.4 Å². The molecule has 134 valence electrons. The molecule has 1 aromatic rings. The summed E-state index contributed by atoms with van der Waals surface area (Å²) >= 11 is 9.94. The molecule has 1 amide bonds. The molecule has 7 nitrogen and oxygen atoms in total. The van der Waals surface area contributed by atoms with Gasteiger partial charge in [-0.05, 0) is 30.4 Å². The summed E-state index contributed by atoms with van der Waals surface area (Å²) in [5.41, 5.74) is 0.880. The number of hydrogen-bond donors (Lipinski definition) is 2. The molecule has 0 spiro atoms. The van der Waals surface area contributed by atoms with Crippen LogP contribution in [0.1, 0.15) is 0 Å². The predicted molar refractivity (Wildman–Crippen MR) is 99.6 cm³/mol. The number of nitrogens with zero attached hydrogens (tertiary/aromatic N) is 2. The average Bonchev–Trinajstić information content (AvgIpc) is 3.18. The van der Waals surface area contributed by atoms with E-state index in [4.69, 9.17) is 33.9 Å². The minimum atomic E-state index is -0.522. The van der Waals surface area contributed by atoms with Gasteiger partial charge in [0.05, 0.1) is 49.8 Å². The van der Waals surface area contributed by atoms with Crippen molar-refractivity contribution in [2.45, 2.75) is 6.10 Å². The van der Waals surface area contributed by atoms with Crippen molar-refractivity contribution >= 4 is 52.1 Å². The molecule has 1 atom stereocenters. The van der Waals surface area contributed by atoms with Gasteiger partial charge in [-0.2, -0.15) is 0 Å². The lowest BCUT2D eigenvalue weighted by Gasteiger charge is -2.19. The first-order chi connectivity index (χ1) is 12.0. The highest BCUT2D eigenvalue weighted by atomic mass is 32.1. The molecule has 0 radical (unpaired) electrons. The fraction of sp³-hybridized carbons (Fsp3) is 0.400. The van der Waals surface area contributed by atoms with Gasteiger partial charge < -0.3 is 25.0 Å². The maximum absolute atomic E-state index is 14.5. The zero-order valence-electron chi connectivity index (χ0n) is 13.5. The lowest BCUT2D eigenvalue weighted by molar-refractivity contribution is 0.142. The Kier molecular flexibility index (Phi) is 5.19.